The fourth-order valence-corrected chi connectivity index (χ4v) is 2.45. The first-order valence-corrected chi connectivity index (χ1v) is 5.57. The summed E-state index contributed by atoms with van der Waals surface area (Å²) in [7, 11) is 0. The predicted octanol–water partition coefficient (Wildman–Crippen LogP) is 2.67. The van der Waals surface area contributed by atoms with Crippen molar-refractivity contribution < 1.29 is 0 Å². The van der Waals surface area contributed by atoms with Crippen LogP contribution in [-0.4, -0.2) is 9.78 Å². The Balaban J connectivity index is 2.38. The van der Waals surface area contributed by atoms with Crippen molar-refractivity contribution in [3.05, 3.63) is 17.0 Å². The lowest BCUT2D eigenvalue weighted by molar-refractivity contribution is 0.400. The second kappa shape index (κ2) is 3.69. The van der Waals surface area contributed by atoms with E-state index in [0.717, 1.165) is 25.0 Å². The van der Waals surface area contributed by atoms with Gasteiger partial charge in [-0.1, -0.05) is 0 Å². The molecule has 3 heteroatoms. The number of nitrogens with zero attached hydrogens (tertiary/aromatic N) is 3. The zero-order valence-corrected chi connectivity index (χ0v) is 9.62. The third-order valence-corrected chi connectivity index (χ3v) is 3.65. The van der Waals surface area contributed by atoms with Crippen molar-refractivity contribution in [2.24, 2.45) is 5.92 Å². The van der Waals surface area contributed by atoms with Crippen molar-refractivity contribution in [3.8, 4) is 6.07 Å². The summed E-state index contributed by atoms with van der Waals surface area (Å²) in [6.45, 7) is 6.24. The zero-order valence-electron chi connectivity index (χ0n) is 9.62. The molecule has 0 radical (unpaired) electrons. The highest BCUT2D eigenvalue weighted by molar-refractivity contribution is 5.23. The van der Waals surface area contributed by atoms with Crippen LogP contribution in [0.3, 0.4) is 0 Å². The molecule has 2 atom stereocenters. The van der Waals surface area contributed by atoms with Gasteiger partial charge in [0.25, 0.3) is 0 Å². The van der Waals surface area contributed by atoms with Gasteiger partial charge >= 0.3 is 0 Å². The number of aryl methyl sites for hydroxylation is 1. The number of aromatic nitrogens is 2. The fourth-order valence-electron chi connectivity index (χ4n) is 2.45. The van der Waals surface area contributed by atoms with Crippen LogP contribution in [-0.2, 0) is 0 Å². The van der Waals surface area contributed by atoms with Gasteiger partial charge in [-0.2, -0.15) is 10.4 Å². The highest BCUT2D eigenvalue weighted by atomic mass is 15.3. The molecule has 1 aromatic rings. The number of rotatable bonds is 1. The summed E-state index contributed by atoms with van der Waals surface area (Å²) < 4.78 is 2.07. The first-order chi connectivity index (χ1) is 7.15. The minimum Gasteiger partial charge on any atom is -0.265 e. The lowest BCUT2D eigenvalue weighted by atomic mass is 10.1. The Bertz CT molecular complexity index is 411. The van der Waals surface area contributed by atoms with E-state index < -0.39 is 0 Å². The highest BCUT2D eigenvalue weighted by Gasteiger charge is 2.30. The van der Waals surface area contributed by atoms with E-state index in [1.807, 2.05) is 6.92 Å². The summed E-state index contributed by atoms with van der Waals surface area (Å²) in [5.74, 6) is 0.155. The van der Waals surface area contributed by atoms with E-state index >= 15 is 0 Å². The molecule has 0 N–H and O–H groups in total. The summed E-state index contributed by atoms with van der Waals surface area (Å²) in [6, 6.07) is 2.72. The summed E-state index contributed by atoms with van der Waals surface area (Å²) in [5.41, 5.74) is 3.58. The Labute approximate surface area is 90.7 Å². The standard InChI is InChI=1S/C12H17N3/c1-8-9(2)14-15(10(8)3)12-6-4-5-11(12)7-13/h11-12H,4-6H2,1-3H3. The quantitative estimate of drug-likeness (QED) is 0.704. The van der Waals surface area contributed by atoms with Crippen LogP contribution < -0.4 is 0 Å². The molecule has 80 valence electrons. The maximum atomic E-state index is 9.07. The van der Waals surface area contributed by atoms with Crippen molar-refractivity contribution >= 4 is 0 Å². The molecule has 0 bridgehead atoms. The van der Waals surface area contributed by atoms with Gasteiger partial charge in [0.15, 0.2) is 0 Å². The number of hydrogen-bond donors (Lipinski definition) is 0. The van der Waals surface area contributed by atoms with Crippen molar-refractivity contribution in [2.75, 3.05) is 0 Å². The SMILES string of the molecule is Cc1nn(C2CCCC2C#N)c(C)c1C. The predicted molar refractivity (Wildman–Crippen MR) is 58.4 cm³/mol. The monoisotopic (exact) mass is 203 g/mol. The minimum atomic E-state index is 0.155. The molecule has 2 unspecified atom stereocenters. The van der Waals surface area contributed by atoms with Crippen molar-refractivity contribution in [1.29, 1.82) is 5.26 Å². The molecule has 1 aliphatic rings. The average molecular weight is 203 g/mol. The van der Waals surface area contributed by atoms with Gasteiger partial charge in [0.05, 0.1) is 23.7 Å². The Morgan fingerprint density at radius 2 is 2.07 bits per heavy atom. The molecule has 0 spiro atoms. The fraction of sp³-hybridized carbons (Fsp3) is 0.667. The van der Waals surface area contributed by atoms with Crippen LogP contribution in [0.2, 0.25) is 0 Å². The summed E-state index contributed by atoms with van der Waals surface area (Å²) >= 11 is 0. The van der Waals surface area contributed by atoms with Crippen LogP contribution >= 0.6 is 0 Å². The third kappa shape index (κ3) is 1.54. The van der Waals surface area contributed by atoms with Gasteiger partial charge < -0.3 is 0 Å². The molecule has 0 saturated heterocycles. The van der Waals surface area contributed by atoms with Crippen LogP contribution in [0, 0.1) is 38.0 Å². The number of hydrogen-bond acceptors (Lipinski definition) is 2. The van der Waals surface area contributed by atoms with E-state index in [1.54, 1.807) is 0 Å². The van der Waals surface area contributed by atoms with Gasteiger partial charge in [0, 0.05) is 5.69 Å². The second-order valence-corrected chi connectivity index (χ2v) is 4.47. The van der Waals surface area contributed by atoms with E-state index in [0.29, 0.717) is 6.04 Å². The van der Waals surface area contributed by atoms with Crippen LogP contribution in [0.5, 0.6) is 0 Å². The maximum Gasteiger partial charge on any atom is 0.0688 e. The van der Waals surface area contributed by atoms with E-state index in [1.165, 1.54) is 11.3 Å². The smallest absolute Gasteiger partial charge is 0.0688 e. The van der Waals surface area contributed by atoms with Crippen molar-refractivity contribution in [1.82, 2.24) is 9.78 Å². The molecule has 15 heavy (non-hydrogen) atoms. The van der Waals surface area contributed by atoms with Gasteiger partial charge in [-0.3, -0.25) is 4.68 Å². The van der Waals surface area contributed by atoms with Crippen LogP contribution in [0.1, 0.15) is 42.3 Å². The normalized spacial score (nSPS) is 25.5. The molecule has 3 nitrogen and oxygen atoms in total. The lowest BCUT2D eigenvalue weighted by Gasteiger charge is -2.16. The molecule has 0 amide bonds. The summed E-state index contributed by atoms with van der Waals surface area (Å²) in [5, 5.41) is 13.6. The van der Waals surface area contributed by atoms with E-state index in [-0.39, 0.29) is 5.92 Å². The Morgan fingerprint density at radius 3 is 2.60 bits per heavy atom. The van der Waals surface area contributed by atoms with Crippen LogP contribution in [0.15, 0.2) is 0 Å². The van der Waals surface area contributed by atoms with Gasteiger partial charge in [0.1, 0.15) is 0 Å². The Hall–Kier alpha value is -1.30. The molecule has 0 aliphatic heterocycles. The highest BCUT2D eigenvalue weighted by Crippen LogP contribution is 2.36. The van der Waals surface area contributed by atoms with Crippen LogP contribution in [0.25, 0.3) is 0 Å². The maximum absolute atomic E-state index is 9.07. The Morgan fingerprint density at radius 1 is 1.33 bits per heavy atom. The summed E-state index contributed by atoms with van der Waals surface area (Å²) in [4.78, 5) is 0. The number of nitriles is 1. The molecule has 0 aromatic carbocycles. The topological polar surface area (TPSA) is 41.6 Å². The molecular formula is C12H17N3. The largest absolute Gasteiger partial charge is 0.265 e. The van der Waals surface area contributed by atoms with E-state index in [2.05, 4.69) is 29.7 Å². The van der Waals surface area contributed by atoms with Crippen LogP contribution in [0.4, 0.5) is 0 Å². The molecule has 1 saturated carbocycles. The Kier molecular flexibility index (Phi) is 2.52. The minimum absolute atomic E-state index is 0.155. The lowest BCUT2D eigenvalue weighted by Crippen LogP contribution is -2.15. The van der Waals surface area contributed by atoms with Gasteiger partial charge in [0.2, 0.25) is 0 Å². The van der Waals surface area contributed by atoms with Gasteiger partial charge in [-0.25, -0.2) is 0 Å². The van der Waals surface area contributed by atoms with Crippen molar-refractivity contribution in [2.45, 2.75) is 46.1 Å². The third-order valence-electron chi connectivity index (χ3n) is 3.65. The molecule has 1 aliphatic carbocycles. The average Bonchev–Trinajstić information content (AvgIpc) is 2.78. The second-order valence-electron chi connectivity index (χ2n) is 4.47. The summed E-state index contributed by atoms with van der Waals surface area (Å²) in [6.07, 6.45) is 3.28. The molecular weight excluding hydrogens is 186 g/mol. The van der Waals surface area contributed by atoms with Crippen molar-refractivity contribution in [3.63, 3.8) is 0 Å². The van der Waals surface area contributed by atoms with Gasteiger partial charge in [-0.15, -0.1) is 0 Å². The first-order valence-electron chi connectivity index (χ1n) is 5.57. The van der Waals surface area contributed by atoms with Gasteiger partial charge in [-0.05, 0) is 45.6 Å². The van der Waals surface area contributed by atoms with E-state index in [4.69, 9.17) is 5.26 Å². The first kappa shape index (κ1) is 10.2. The molecule has 1 aromatic heterocycles. The molecule has 2 rings (SSSR count). The molecule has 1 heterocycles. The zero-order chi connectivity index (χ0) is 11.0. The molecule has 1 fully saturated rings. The van der Waals surface area contributed by atoms with E-state index in [9.17, 15) is 0 Å².